The van der Waals surface area contributed by atoms with Gasteiger partial charge in [0.05, 0.1) is 28.3 Å². The summed E-state index contributed by atoms with van der Waals surface area (Å²) in [5.41, 5.74) is 0.871. The maximum absolute atomic E-state index is 12.3. The number of ether oxygens (including phenoxy) is 1. The van der Waals surface area contributed by atoms with E-state index in [1.54, 1.807) is 10.6 Å². The number of thiophene rings is 1. The number of hydrogen-bond acceptors (Lipinski definition) is 6. The van der Waals surface area contributed by atoms with Crippen LogP contribution in [0.25, 0.3) is 16.3 Å². The van der Waals surface area contributed by atoms with Gasteiger partial charge in [0.2, 0.25) is 0 Å². The summed E-state index contributed by atoms with van der Waals surface area (Å²) in [4.78, 5) is 27.7. The summed E-state index contributed by atoms with van der Waals surface area (Å²) in [6, 6.07) is 8.61. The minimum Gasteiger partial charge on any atom is -0.494 e. The summed E-state index contributed by atoms with van der Waals surface area (Å²) in [7, 11) is 0. The van der Waals surface area contributed by atoms with Gasteiger partial charge in [-0.05, 0) is 37.3 Å². The number of benzene rings is 1. The van der Waals surface area contributed by atoms with Crippen LogP contribution in [0.3, 0.4) is 0 Å². The van der Waals surface area contributed by atoms with Crippen molar-refractivity contribution in [2.45, 2.75) is 13.5 Å². The molecule has 0 atom stereocenters. The van der Waals surface area contributed by atoms with Crippen LogP contribution >= 0.6 is 22.7 Å². The number of nitrogens with zero attached hydrogens (tertiary/aromatic N) is 3. The van der Waals surface area contributed by atoms with Crippen molar-refractivity contribution in [2.75, 3.05) is 6.61 Å². The van der Waals surface area contributed by atoms with E-state index >= 15 is 0 Å². The molecule has 3 aromatic rings. The van der Waals surface area contributed by atoms with Crippen LogP contribution in [0.4, 0.5) is 5.00 Å². The maximum atomic E-state index is 12.3. The molecule has 0 radical (unpaired) electrons. The van der Waals surface area contributed by atoms with Crippen molar-refractivity contribution in [3.8, 4) is 18.1 Å². The molecule has 1 amide bonds. The monoisotopic (exact) mass is 413 g/mol. The zero-order valence-corrected chi connectivity index (χ0v) is 16.5. The predicted molar refractivity (Wildman–Crippen MR) is 110 cm³/mol. The van der Waals surface area contributed by atoms with Gasteiger partial charge in [-0.15, -0.1) is 6.42 Å². The lowest BCUT2D eigenvalue weighted by Gasteiger charge is -2.03. The van der Waals surface area contributed by atoms with E-state index in [-0.39, 0.29) is 11.5 Å². The van der Waals surface area contributed by atoms with E-state index in [1.807, 2.05) is 25.1 Å². The molecule has 2 aromatic heterocycles. The predicted octanol–water partition coefficient (Wildman–Crippen LogP) is 3.85. The van der Waals surface area contributed by atoms with Gasteiger partial charge in [0.1, 0.15) is 5.75 Å². The second-order valence-corrected chi connectivity index (χ2v) is 7.56. The second kappa shape index (κ2) is 8.65. The molecule has 28 heavy (non-hydrogen) atoms. The topological polar surface area (TPSA) is 86.7 Å². The first kappa shape index (κ1) is 19.5. The zero-order chi connectivity index (χ0) is 20.1. The second-order valence-electron chi connectivity index (χ2n) is 5.45. The summed E-state index contributed by atoms with van der Waals surface area (Å²) in [6.45, 7) is 2.74. The highest BCUT2D eigenvalue weighted by Gasteiger charge is 2.09. The molecule has 0 spiro atoms. The van der Waals surface area contributed by atoms with Crippen LogP contribution in [-0.2, 0) is 11.3 Å². The fraction of sp³-hybridized carbons (Fsp3) is 0.158. The zero-order valence-electron chi connectivity index (χ0n) is 14.8. The van der Waals surface area contributed by atoms with E-state index < -0.39 is 10.8 Å². The summed E-state index contributed by atoms with van der Waals surface area (Å²) in [5, 5.41) is 10.7. The molecule has 0 aliphatic rings. The van der Waals surface area contributed by atoms with Gasteiger partial charge in [0.15, 0.2) is 4.80 Å². The molecule has 0 saturated heterocycles. The van der Waals surface area contributed by atoms with Crippen molar-refractivity contribution in [2.24, 2.45) is 4.99 Å². The smallest absolute Gasteiger partial charge is 0.324 e. The highest BCUT2D eigenvalue weighted by molar-refractivity contribution is 7.16. The van der Waals surface area contributed by atoms with E-state index in [1.165, 1.54) is 29.6 Å². The first-order chi connectivity index (χ1) is 13.5. The molecule has 0 unspecified atom stereocenters. The molecular formula is C19H15N3O4S2. The van der Waals surface area contributed by atoms with Crippen LogP contribution in [0.15, 0.2) is 41.4 Å². The van der Waals surface area contributed by atoms with Crippen LogP contribution in [0.2, 0.25) is 0 Å². The Balaban J connectivity index is 1.93. The third kappa shape index (κ3) is 4.36. The van der Waals surface area contributed by atoms with Gasteiger partial charge in [-0.25, -0.2) is 0 Å². The van der Waals surface area contributed by atoms with Crippen LogP contribution < -0.4 is 9.54 Å². The molecule has 0 aliphatic heterocycles. The molecule has 9 heteroatoms. The molecule has 142 valence electrons. The summed E-state index contributed by atoms with van der Waals surface area (Å²) < 4.78 is 8.21. The maximum Gasteiger partial charge on any atom is 0.324 e. The number of terminal acetylenes is 1. The quantitative estimate of drug-likeness (QED) is 0.266. The highest BCUT2D eigenvalue weighted by Crippen LogP contribution is 2.25. The molecule has 3 rings (SSSR count). The van der Waals surface area contributed by atoms with Crippen LogP contribution in [0.5, 0.6) is 5.75 Å². The molecule has 1 aromatic carbocycles. The van der Waals surface area contributed by atoms with Crippen molar-refractivity contribution in [3.05, 3.63) is 56.2 Å². The molecule has 0 fully saturated rings. The molecule has 2 heterocycles. The van der Waals surface area contributed by atoms with Crippen molar-refractivity contribution < 1.29 is 14.5 Å². The lowest BCUT2D eigenvalue weighted by Crippen LogP contribution is -2.15. The number of thiazole rings is 1. The van der Waals surface area contributed by atoms with E-state index in [0.29, 0.717) is 16.3 Å². The van der Waals surface area contributed by atoms with E-state index in [4.69, 9.17) is 11.2 Å². The van der Waals surface area contributed by atoms with Crippen molar-refractivity contribution in [1.82, 2.24) is 4.57 Å². The minimum atomic E-state index is -0.474. The molecule has 0 saturated carbocycles. The van der Waals surface area contributed by atoms with Crippen molar-refractivity contribution in [3.63, 3.8) is 0 Å². The Morgan fingerprint density at radius 2 is 2.21 bits per heavy atom. The SMILES string of the molecule is C#CCn1c(=NC(=O)C=Cc2ccc([N+](=O)[O-])s2)sc2cc(OCC)ccc21. The van der Waals surface area contributed by atoms with Crippen molar-refractivity contribution in [1.29, 1.82) is 0 Å². The number of carbonyl (C=O) groups excluding carboxylic acids is 1. The molecule has 0 aliphatic carbocycles. The number of amides is 1. The standard InChI is InChI=1S/C19H15N3O4S2/c1-3-11-21-15-8-5-13(26-4-2)12-16(15)28-19(21)20-17(23)9-6-14-7-10-18(27-14)22(24)25/h1,5-10,12H,4,11H2,2H3. The fourth-order valence-electron chi connectivity index (χ4n) is 2.45. The first-order valence-electron chi connectivity index (χ1n) is 8.22. The Morgan fingerprint density at radius 1 is 1.39 bits per heavy atom. The van der Waals surface area contributed by atoms with Gasteiger partial charge in [-0.1, -0.05) is 28.6 Å². The van der Waals surface area contributed by atoms with Gasteiger partial charge < -0.3 is 9.30 Å². The lowest BCUT2D eigenvalue weighted by atomic mass is 10.3. The molecule has 0 bridgehead atoms. The van der Waals surface area contributed by atoms with E-state index in [2.05, 4.69) is 10.9 Å². The molecular weight excluding hydrogens is 398 g/mol. The number of hydrogen-bond donors (Lipinski definition) is 0. The van der Waals surface area contributed by atoms with Crippen LogP contribution in [0, 0.1) is 22.5 Å². The number of nitro groups is 1. The number of fused-ring (bicyclic) bond motifs is 1. The first-order valence-corrected chi connectivity index (χ1v) is 9.85. The van der Waals surface area contributed by atoms with Crippen LogP contribution in [-0.4, -0.2) is 22.0 Å². The Morgan fingerprint density at radius 3 is 2.89 bits per heavy atom. The number of rotatable bonds is 6. The Labute approximate surface area is 168 Å². The number of aromatic nitrogens is 1. The summed E-state index contributed by atoms with van der Waals surface area (Å²) in [6.07, 6.45) is 8.26. The van der Waals surface area contributed by atoms with Gasteiger partial charge in [0, 0.05) is 17.0 Å². The van der Waals surface area contributed by atoms with Gasteiger partial charge in [-0.3, -0.25) is 14.9 Å². The normalized spacial score (nSPS) is 11.8. The van der Waals surface area contributed by atoms with Gasteiger partial charge in [-0.2, -0.15) is 4.99 Å². The Bertz CT molecular complexity index is 1180. The Hall–Kier alpha value is -3.22. The Kier molecular flexibility index (Phi) is 6.03. The average Bonchev–Trinajstić information content (AvgIpc) is 3.26. The molecule has 7 nitrogen and oxygen atoms in total. The van der Waals surface area contributed by atoms with Gasteiger partial charge >= 0.3 is 5.00 Å². The number of carbonyl (C=O) groups is 1. The minimum absolute atomic E-state index is 0.0190. The molecule has 0 N–H and O–H groups in total. The van der Waals surface area contributed by atoms with Gasteiger partial charge in [0.25, 0.3) is 5.91 Å². The van der Waals surface area contributed by atoms with E-state index in [9.17, 15) is 14.9 Å². The summed E-state index contributed by atoms with van der Waals surface area (Å²) in [5.74, 6) is 2.84. The average molecular weight is 413 g/mol. The largest absolute Gasteiger partial charge is 0.494 e. The summed E-state index contributed by atoms with van der Waals surface area (Å²) >= 11 is 2.33. The third-order valence-corrected chi connectivity index (χ3v) is 5.65. The van der Waals surface area contributed by atoms with Crippen molar-refractivity contribution >= 4 is 49.9 Å². The lowest BCUT2D eigenvalue weighted by molar-refractivity contribution is -0.380. The van der Waals surface area contributed by atoms with Crippen LogP contribution in [0.1, 0.15) is 11.8 Å². The fourth-order valence-corrected chi connectivity index (χ4v) is 4.24. The van der Waals surface area contributed by atoms with E-state index in [0.717, 1.165) is 27.3 Å². The third-order valence-electron chi connectivity index (χ3n) is 3.60. The highest BCUT2D eigenvalue weighted by atomic mass is 32.1.